The van der Waals surface area contributed by atoms with E-state index >= 15 is 0 Å². The zero-order valence-corrected chi connectivity index (χ0v) is 10.6. The zero-order valence-electron chi connectivity index (χ0n) is 10.6. The summed E-state index contributed by atoms with van der Waals surface area (Å²) in [6.45, 7) is 3.87. The molecule has 1 fully saturated rings. The molecule has 1 aliphatic rings. The Balaban J connectivity index is 1.69. The summed E-state index contributed by atoms with van der Waals surface area (Å²) in [4.78, 5) is 0. The van der Waals surface area contributed by atoms with Crippen molar-refractivity contribution in [3.63, 3.8) is 0 Å². The largest absolute Gasteiger partial charge is 0.396 e. The third kappa shape index (κ3) is 3.55. The van der Waals surface area contributed by atoms with Crippen LogP contribution in [0.5, 0.6) is 0 Å². The number of ether oxygens (including phenoxy) is 1. The second kappa shape index (κ2) is 5.65. The lowest BCUT2D eigenvalue weighted by molar-refractivity contribution is 0.0476. The van der Waals surface area contributed by atoms with Gasteiger partial charge in [-0.2, -0.15) is 0 Å². The number of hydrogen-bond acceptors (Lipinski definition) is 2. The van der Waals surface area contributed by atoms with Crippen molar-refractivity contribution in [2.45, 2.75) is 32.8 Å². The second-order valence-corrected chi connectivity index (χ2v) is 5.37. The lowest BCUT2D eigenvalue weighted by atomic mass is 9.83. The molecule has 1 aliphatic carbocycles. The van der Waals surface area contributed by atoms with Gasteiger partial charge in [0.1, 0.15) is 0 Å². The van der Waals surface area contributed by atoms with Gasteiger partial charge in [0.05, 0.1) is 6.61 Å². The van der Waals surface area contributed by atoms with Gasteiger partial charge < -0.3 is 9.84 Å². The molecule has 2 nitrogen and oxygen atoms in total. The standard InChI is InChI=1S/C15H22O2/c1-15(12-16,14-7-8-14)9-10-17-11-13-5-3-2-4-6-13/h2-6,14,16H,7-12H2,1H3. The van der Waals surface area contributed by atoms with Crippen molar-refractivity contribution in [1.82, 2.24) is 0 Å². The van der Waals surface area contributed by atoms with Crippen molar-refractivity contribution in [3.05, 3.63) is 35.9 Å². The molecule has 17 heavy (non-hydrogen) atoms. The summed E-state index contributed by atoms with van der Waals surface area (Å²) in [7, 11) is 0. The molecular weight excluding hydrogens is 212 g/mol. The van der Waals surface area contributed by atoms with Crippen LogP contribution >= 0.6 is 0 Å². The molecule has 2 rings (SSSR count). The van der Waals surface area contributed by atoms with Gasteiger partial charge in [0.15, 0.2) is 0 Å². The van der Waals surface area contributed by atoms with Crippen LogP contribution in [0.2, 0.25) is 0 Å². The third-order valence-electron chi connectivity index (χ3n) is 3.85. The predicted octanol–water partition coefficient (Wildman–Crippen LogP) is 3.00. The normalized spacial score (nSPS) is 18.9. The van der Waals surface area contributed by atoms with Gasteiger partial charge in [-0.25, -0.2) is 0 Å². The van der Waals surface area contributed by atoms with Crippen LogP contribution in [0.4, 0.5) is 0 Å². The highest BCUT2D eigenvalue weighted by atomic mass is 16.5. The summed E-state index contributed by atoms with van der Waals surface area (Å²) >= 11 is 0. The molecular formula is C15H22O2. The van der Waals surface area contributed by atoms with E-state index in [0.717, 1.165) is 13.0 Å². The molecule has 1 aromatic carbocycles. The van der Waals surface area contributed by atoms with Gasteiger partial charge in [-0.05, 0) is 36.2 Å². The van der Waals surface area contributed by atoms with Crippen molar-refractivity contribution >= 4 is 0 Å². The molecule has 1 atom stereocenters. The molecule has 1 aromatic rings. The van der Waals surface area contributed by atoms with Crippen LogP contribution in [-0.4, -0.2) is 18.3 Å². The molecule has 1 N–H and O–H groups in total. The van der Waals surface area contributed by atoms with Gasteiger partial charge in [-0.3, -0.25) is 0 Å². The van der Waals surface area contributed by atoms with E-state index in [-0.39, 0.29) is 12.0 Å². The molecule has 0 heterocycles. The fourth-order valence-electron chi connectivity index (χ4n) is 2.26. The van der Waals surface area contributed by atoms with Gasteiger partial charge in [-0.1, -0.05) is 37.3 Å². The summed E-state index contributed by atoms with van der Waals surface area (Å²) < 4.78 is 5.68. The summed E-state index contributed by atoms with van der Waals surface area (Å²) in [6.07, 6.45) is 3.51. The van der Waals surface area contributed by atoms with E-state index in [4.69, 9.17) is 4.74 Å². The van der Waals surface area contributed by atoms with E-state index in [1.807, 2.05) is 18.2 Å². The van der Waals surface area contributed by atoms with Gasteiger partial charge in [0.2, 0.25) is 0 Å². The van der Waals surface area contributed by atoms with Crippen LogP contribution in [0.1, 0.15) is 31.7 Å². The molecule has 2 heteroatoms. The van der Waals surface area contributed by atoms with Crippen molar-refractivity contribution in [3.8, 4) is 0 Å². The molecule has 0 saturated heterocycles. The number of aliphatic hydroxyl groups excluding tert-OH is 1. The topological polar surface area (TPSA) is 29.5 Å². The Bertz CT molecular complexity index is 332. The lowest BCUT2D eigenvalue weighted by Crippen LogP contribution is -2.25. The molecule has 94 valence electrons. The van der Waals surface area contributed by atoms with Crippen molar-refractivity contribution in [2.24, 2.45) is 11.3 Å². The number of rotatable bonds is 7. The first-order chi connectivity index (χ1) is 8.24. The minimum Gasteiger partial charge on any atom is -0.396 e. The SMILES string of the molecule is CC(CO)(CCOCc1ccccc1)C1CC1. The van der Waals surface area contributed by atoms with Crippen LogP contribution in [0.3, 0.4) is 0 Å². The fraction of sp³-hybridized carbons (Fsp3) is 0.600. The Labute approximate surface area is 104 Å². The predicted molar refractivity (Wildman–Crippen MR) is 68.6 cm³/mol. The molecule has 1 saturated carbocycles. The average Bonchev–Trinajstić information content (AvgIpc) is 3.20. The van der Waals surface area contributed by atoms with Crippen LogP contribution < -0.4 is 0 Å². The molecule has 1 unspecified atom stereocenters. The average molecular weight is 234 g/mol. The van der Waals surface area contributed by atoms with E-state index < -0.39 is 0 Å². The molecule has 0 amide bonds. The maximum absolute atomic E-state index is 9.46. The first-order valence-corrected chi connectivity index (χ1v) is 6.47. The minimum absolute atomic E-state index is 0.0800. The van der Waals surface area contributed by atoms with Gasteiger partial charge >= 0.3 is 0 Å². The summed E-state index contributed by atoms with van der Waals surface area (Å²) in [6, 6.07) is 10.2. The highest BCUT2D eigenvalue weighted by Crippen LogP contribution is 2.47. The zero-order chi connectivity index (χ0) is 12.1. The number of hydrogen-bond donors (Lipinski definition) is 1. The summed E-state index contributed by atoms with van der Waals surface area (Å²) in [5.74, 6) is 0.716. The van der Waals surface area contributed by atoms with Crippen LogP contribution in [0.25, 0.3) is 0 Å². The van der Waals surface area contributed by atoms with Crippen molar-refractivity contribution < 1.29 is 9.84 Å². The smallest absolute Gasteiger partial charge is 0.0716 e. The number of aliphatic hydroxyl groups is 1. The maximum Gasteiger partial charge on any atom is 0.0716 e. The molecule has 0 spiro atoms. The quantitative estimate of drug-likeness (QED) is 0.735. The number of benzene rings is 1. The Morgan fingerprint density at radius 1 is 1.29 bits per heavy atom. The lowest BCUT2D eigenvalue weighted by Gasteiger charge is -2.27. The molecule has 0 aliphatic heterocycles. The maximum atomic E-state index is 9.46. The van der Waals surface area contributed by atoms with Crippen LogP contribution in [0, 0.1) is 11.3 Å². The molecule has 0 bridgehead atoms. The van der Waals surface area contributed by atoms with E-state index in [0.29, 0.717) is 12.5 Å². The van der Waals surface area contributed by atoms with E-state index in [9.17, 15) is 5.11 Å². The molecule has 0 aromatic heterocycles. The van der Waals surface area contributed by atoms with Gasteiger partial charge in [-0.15, -0.1) is 0 Å². The first kappa shape index (κ1) is 12.6. The van der Waals surface area contributed by atoms with E-state index in [2.05, 4.69) is 19.1 Å². The second-order valence-electron chi connectivity index (χ2n) is 5.37. The monoisotopic (exact) mass is 234 g/mol. The van der Waals surface area contributed by atoms with Gasteiger partial charge in [0.25, 0.3) is 0 Å². The Morgan fingerprint density at radius 3 is 2.59 bits per heavy atom. The van der Waals surface area contributed by atoms with Crippen molar-refractivity contribution in [2.75, 3.05) is 13.2 Å². The Kier molecular flexibility index (Phi) is 4.19. The Morgan fingerprint density at radius 2 is 2.00 bits per heavy atom. The van der Waals surface area contributed by atoms with Crippen LogP contribution in [0.15, 0.2) is 30.3 Å². The fourth-order valence-corrected chi connectivity index (χ4v) is 2.26. The minimum atomic E-state index is 0.0800. The highest BCUT2D eigenvalue weighted by Gasteiger charge is 2.40. The third-order valence-corrected chi connectivity index (χ3v) is 3.85. The summed E-state index contributed by atoms with van der Waals surface area (Å²) in [5, 5.41) is 9.46. The van der Waals surface area contributed by atoms with Crippen LogP contribution in [-0.2, 0) is 11.3 Å². The Hall–Kier alpha value is -0.860. The highest BCUT2D eigenvalue weighted by molar-refractivity contribution is 5.13. The van der Waals surface area contributed by atoms with Crippen molar-refractivity contribution in [1.29, 1.82) is 0 Å². The van der Waals surface area contributed by atoms with E-state index in [1.165, 1.54) is 18.4 Å². The molecule has 0 radical (unpaired) electrons. The summed E-state index contributed by atoms with van der Waals surface area (Å²) in [5.41, 5.74) is 1.29. The van der Waals surface area contributed by atoms with E-state index in [1.54, 1.807) is 0 Å². The van der Waals surface area contributed by atoms with Gasteiger partial charge in [0, 0.05) is 13.2 Å². The first-order valence-electron chi connectivity index (χ1n) is 6.47.